The molecule has 0 bridgehead atoms. The maximum Gasteiger partial charge on any atom is 0.187 e. The molecule has 0 unspecified atom stereocenters. The van der Waals surface area contributed by atoms with Gasteiger partial charge in [-0.1, -0.05) is 6.08 Å². The molecule has 7 aliphatic rings. The molecule has 6 saturated heterocycles. The van der Waals surface area contributed by atoms with Crippen molar-refractivity contribution >= 4 is 0 Å². The molecule has 34 atom stereocenters. The third kappa shape index (κ3) is 12.8. The Balaban J connectivity index is 0.944. The Hall–Kier alpha value is -1.62. The molecule has 77 heavy (non-hydrogen) atoms. The summed E-state index contributed by atoms with van der Waals surface area (Å²) >= 11 is 0. The number of rotatable bonds is 18. The fourth-order valence-electron chi connectivity index (χ4n) is 10.3. The lowest BCUT2D eigenvalue weighted by Gasteiger charge is -2.50. The molecule has 7 rings (SSSR count). The largest absolute Gasteiger partial charge is 0.394 e. The third-order valence-electron chi connectivity index (χ3n) is 14.8. The first kappa shape index (κ1) is 63.0. The van der Waals surface area contributed by atoms with E-state index in [4.69, 9.17) is 52.1 Å². The van der Waals surface area contributed by atoms with Gasteiger partial charge in [-0.05, 0) is 12.5 Å². The molecule has 0 saturated carbocycles. The molecule has 0 spiro atoms. The number of ether oxygens (including phenoxy) is 11. The minimum absolute atomic E-state index is 0.0338. The molecule has 23 N–H and O–H groups in total. The van der Waals surface area contributed by atoms with E-state index in [0.717, 1.165) is 0 Å². The molecular weight excluding hydrogens is 1060 g/mol. The second-order valence-corrected chi connectivity index (χ2v) is 19.8. The molecule has 0 aromatic heterocycles. The molecular formula is C43H73NO33. The fourth-order valence-corrected chi connectivity index (χ4v) is 10.3. The first-order valence-corrected chi connectivity index (χ1v) is 24.7. The summed E-state index contributed by atoms with van der Waals surface area (Å²) in [5, 5.41) is 236. The summed E-state index contributed by atoms with van der Waals surface area (Å²) in [5.74, 6) is 0. The first-order chi connectivity index (χ1) is 36.5. The summed E-state index contributed by atoms with van der Waals surface area (Å²) < 4.78 is 61.6. The normalized spacial score (nSPS) is 53.0. The van der Waals surface area contributed by atoms with Crippen LogP contribution in [0.5, 0.6) is 0 Å². The average molecular weight is 1130 g/mol. The van der Waals surface area contributed by atoms with Crippen LogP contribution in [0.25, 0.3) is 0 Å². The van der Waals surface area contributed by atoms with Gasteiger partial charge in [0.25, 0.3) is 0 Å². The van der Waals surface area contributed by atoms with Gasteiger partial charge >= 0.3 is 0 Å². The Bertz CT molecular complexity index is 1860. The van der Waals surface area contributed by atoms with Gasteiger partial charge in [-0.2, -0.15) is 0 Å². The number of aliphatic hydroxyl groups excluding tert-OH is 22. The summed E-state index contributed by atoms with van der Waals surface area (Å²) in [7, 11) is 0. The van der Waals surface area contributed by atoms with Crippen LogP contribution >= 0.6 is 0 Å². The van der Waals surface area contributed by atoms with Gasteiger partial charge in [0, 0.05) is 0 Å². The van der Waals surface area contributed by atoms with Crippen LogP contribution in [0.1, 0.15) is 6.92 Å². The Labute approximate surface area is 436 Å². The van der Waals surface area contributed by atoms with Crippen molar-refractivity contribution in [2.45, 2.75) is 215 Å². The van der Waals surface area contributed by atoms with E-state index in [1.54, 1.807) is 0 Å². The highest BCUT2D eigenvalue weighted by Gasteiger charge is 2.58. The van der Waals surface area contributed by atoms with Crippen LogP contribution < -0.4 is 5.32 Å². The van der Waals surface area contributed by atoms with Crippen molar-refractivity contribution in [3.05, 3.63) is 11.6 Å². The second-order valence-electron chi connectivity index (χ2n) is 19.8. The quantitative estimate of drug-likeness (QED) is 0.0567. The van der Waals surface area contributed by atoms with Crippen molar-refractivity contribution in [1.82, 2.24) is 5.32 Å². The molecule has 6 fully saturated rings. The van der Waals surface area contributed by atoms with E-state index >= 15 is 0 Å². The van der Waals surface area contributed by atoms with E-state index in [1.165, 1.54) is 13.0 Å². The highest BCUT2D eigenvalue weighted by atomic mass is 16.8. The smallest absolute Gasteiger partial charge is 0.187 e. The monoisotopic (exact) mass is 1130 g/mol. The number of hydrogen-bond acceptors (Lipinski definition) is 34. The van der Waals surface area contributed by atoms with Crippen molar-refractivity contribution in [2.75, 3.05) is 39.6 Å². The van der Waals surface area contributed by atoms with Crippen LogP contribution in [0, 0.1) is 0 Å². The van der Waals surface area contributed by atoms with Gasteiger partial charge in [-0.3, -0.25) is 0 Å². The molecule has 6 aliphatic heterocycles. The molecule has 448 valence electrons. The van der Waals surface area contributed by atoms with Gasteiger partial charge in [0.15, 0.2) is 37.7 Å². The Morgan fingerprint density at radius 2 is 0.662 bits per heavy atom. The average Bonchev–Trinajstić information content (AvgIpc) is 3.42. The molecule has 34 nitrogen and oxygen atoms in total. The summed E-state index contributed by atoms with van der Waals surface area (Å²) in [4.78, 5) is 0. The lowest BCUT2D eigenvalue weighted by molar-refractivity contribution is -0.395. The highest BCUT2D eigenvalue weighted by Crippen LogP contribution is 2.37. The minimum Gasteiger partial charge on any atom is -0.394 e. The van der Waals surface area contributed by atoms with E-state index in [2.05, 4.69) is 5.32 Å². The van der Waals surface area contributed by atoms with Crippen LogP contribution in [0.15, 0.2) is 11.6 Å². The zero-order valence-electron chi connectivity index (χ0n) is 40.8. The van der Waals surface area contributed by atoms with Gasteiger partial charge in [0.1, 0.15) is 153 Å². The van der Waals surface area contributed by atoms with E-state index in [0.29, 0.717) is 0 Å². The van der Waals surface area contributed by atoms with Crippen molar-refractivity contribution in [1.29, 1.82) is 0 Å². The van der Waals surface area contributed by atoms with Gasteiger partial charge in [-0.15, -0.1) is 0 Å². The molecule has 6 heterocycles. The molecule has 34 heteroatoms. The van der Waals surface area contributed by atoms with Gasteiger partial charge in [0.2, 0.25) is 0 Å². The van der Waals surface area contributed by atoms with Crippen molar-refractivity contribution in [3.63, 3.8) is 0 Å². The van der Waals surface area contributed by atoms with Crippen molar-refractivity contribution in [3.8, 4) is 0 Å². The van der Waals surface area contributed by atoms with E-state index < -0.39 is 248 Å². The Morgan fingerprint density at radius 3 is 0.987 bits per heavy atom. The Kier molecular flexibility index (Phi) is 21.9. The van der Waals surface area contributed by atoms with Gasteiger partial charge in [0.05, 0.1) is 57.8 Å². The van der Waals surface area contributed by atoms with Crippen LogP contribution in [0.4, 0.5) is 0 Å². The Morgan fingerprint density at radius 1 is 0.364 bits per heavy atom. The summed E-state index contributed by atoms with van der Waals surface area (Å²) in [6.07, 6.45) is -58.3. The molecule has 0 aromatic carbocycles. The van der Waals surface area contributed by atoms with E-state index in [9.17, 15) is 112 Å². The van der Waals surface area contributed by atoms with Crippen LogP contribution in [-0.4, -0.2) is 361 Å². The molecule has 1 aliphatic carbocycles. The maximum atomic E-state index is 11.3. The molecule has 0 radical (unpaired) electrons. The zero-order valence-corrected chi connectivity index (χ0v) is 40.8. The van der Waals surface area contributed by atoms with Crippen LogP contribution in [0.2, 0.25) is 0 Å². The lowest BCUT2D eigenvalue weighted by atomic mass is 9.86. The second kappa shape index (κ2) is 26.7. The fraction of sp³-hybridized carbons (Fsp3) is 0.953. The number of nitrogens with one attached hydrogen (secondary N) is 1. The summed E-state index contributed by atoms with van der Waals surface area (Å²) in [6, 6.07) is -2.35. The maximum absolute atomic E-state index is 11.3. The van der Waals surface area contributed by atoms with Crippen LogP contribution in [0.3, 0.4) is 0 Å². The van der Waals surface area contributed by atoms with Crippen LogP contribution in [-0.2, 0) is 52.1 Å². The minimum atomic E-state index is -2.20. The molecule has 0 aromatic rings. The number of hydrogen-bond donors (Lipinski definition) is 23. The zero-order chi connectivity index (χ0) is 56.6. The third-order valence-corrected chi connectivity index (χ3v) is 14.8. The first-order valence-electron chi connectivity index (χ1n) is 24.7. The standard InChI is InChI=1S/C43H73NO33/c1-9-17(44-11-2-10(3-45)18(51)21(54)19(11)52)20(53)28(61)39(67-9)73-34-13(5-47)69-41(29(62)23(34)56)75-36-15(7-49)71-43(31(64)25(36)58)77-37-16(8-50)72-42(32(65)26(37)59)76-35-14(6-48)70-40(30(63)24(35)57)74-33-12(4-46)68-38(66)27(60)22(33)55/h2,9,11-66H,3-8H2,1H3/t9-,11+,12-,13-,14-,15-,16-,17-,18-,19+,20+,21+,22-,23-,24-,25-,26-,27-,28-,29-,30-,31-,32-,33-,34-,35-,36-,37-,38+,39-,40-,41-,42-,43-/m1/s1. The topological polar surface area (TPSA) is 559 Å². The van der Waals surface area contributed by atoms with Gasteiger partial charge < -0.3 is 170 Å². The van der Waals surface area contributed by atoms with Crippen molar-refractivity contribution < 1.29 is 164 Å². The predicted octanol–water partition coefficient (Wildman–Crippen LogP) is -15.1. The lowest BCUT2D eigenvalue weighted by Crippen LogP contribution is -2.69. The van der Waals surface area contributed by atoms with E-state index in [-0.39, 0.29) is 5.57 Å². The number of aliphatic hydroxyl groups is 22. The highest BCUT2D eigenvalue weighted by molar-refractivity contribution is 5.22. The SMILES string of the molecule is C[C@H]1O[C@H](O[C@H]2[C@H](O)[C@@H](O)[C@@H](O[C@H]3[C@H](O)[C@@H](O)[C@@H](O[C@H]4[C@H](O)[C@@H](O)[C@@H](O[C@H]5[C@H](O)[C@@H](O)[C@@H](O[C@H]6[C@H](O)[C@@H](O)[C@@H](O)O[C@@H]6CO)O[C@@H]5CO)O[C@@H]4CO)O[C@@H]3CO)O[C@@H]2CO)[C@H](O)[C@@H](O)[C@@H]1N[C@H]1C=C(CO)[C@@H](O)[C@H](O)[C@H]1O. The predicted molar refractivity (Wildman–Crippen MR) is 236 cm³/mol. The molecule has 0 amide bonds. The van der Waals surface area contributed by atoms with Crippen molar-refractivity contribution in [2.24, 2.45) is 0 Å². The summed E-state index contributed by atoms with van der Waals surface area (Å²) in [6.45, 7) is -4.16. The summed E-state index contributed by atoms with van der Waals surface area (Å²) in [5.41, 5.74) is -0.0338. The van der Waals surface area contributed by atoms with E-state index in [1.807, 2.05) is 0 Å². The van der Waals surface area contributed by atoms with Gasteiger partial charge in [-0.25, -0.2) is 0 Å².